The number of rotatable bonds is 4. The highest BCUT2D eigenvalue weighted by molar-refractivity contribution is 7.15. The average molecular weight is 328 g/mol. The number of hydrogen-bond acceptors (Lipinski definition) is 6. The first-order valence-electron chi connectivity index (χ1n) is 7.14. The fourth-order valence-electron chi connectivity index (χ4n) is 2.04. The molecular formula is C15H16N6OS. The van der Waals surface area contributed by atoms with Gasteiger partial charge < -0.3 is 0 Å². The van der Waals surface area contributed by atoms with Gasteiger partial charge in [-0.15, -0.1) is 10.2 Å². The molecule has 0 aromatic carbocycles. The van der Waals surface area contributed by atoms with Crippen LogP contribution in [0.4, 0.5) is 5.13 Å². The zero-order valence-electron chi connectivity index (χ0n) is 13.0. The third-order valence-electron chi connectivity index (χ3n) is 3.22. The molecule has 0 spiro atoms. The largest absolute Gasteiger partial charge is 0.295 e. The number of aromatic nitrogens is 5. The quantitative estimate of drug-likeness (QED) is 0.796. The molecule has 0 atom stereocenters. The van der Waals surface area contributed by atoms with Gasteiger partial charge in [-0.1, -0.05) is 25.2 Å². The molecule has 8 heteroatoms. The maximum absolute atomic E-state index is 12.3. The van der Waals surface area contributed by atoms with E-state index in [1.807, 2.05) is 26.0 Å². The summed E-state index contributed by atoms with van der Waals surface area (Å²) in [6, 6.07) is 5.50. The van der Waals surface area contributed by atoms with Gasteiger partial charge in [0.25, 0.3) is 5.91 Å². The zero-order chi connectivity index (χ0) is 16.4. The van der Waals surface area contributed by atoms with E-state index in [0.717, 1.165) is 16.3 Å². The number of aryl methyl sites for hydroxylation is 1. The van der Waals surface area contributed by atoms with Gasteiger partial charge in [-0.05, 0) is 18.2 Å². The second-order valence-electron chi connectivity index (χ2n) is 5.33. The second kappa shape index (κ2) is 6.25. The first-order valence-corrected chi connectivity index (χ1v) is 7.95. The van der Waals surface area contributed by atoms with E-state index in [-0.39, 0.29) is 11.8 Å². The summed E-state index contributed by atoms with van der Waals surface area (Å²) in [6.45, 7) is 4.07. The van der Waals surface area contributed by atoms with E-state index in [0.29, 0.717) is 10.8 Å². The van der Waals surface area contributed by atoms with Crippen LogP contribution < -0.4 is 5.32 Å². The molecule has 0 fully saturated rings. The van der Waals surface area contributed by atoms with Crippen molar-refractivity contribution in [2.45, 2.75) is 19.8 Å². The van der Waals surface area contributed by atoms with Crippen LogP contribution in [0.25, 0.3) is 11.3 Å². The Kier molecular flexibility index (Phi) is 4.16. The Morgan fingerprint density at radius 2 is 2.17 bits per heavy atom. The van der Waals surface area contributed by atoms with Crippen LogP contribution in [0.15, 0.2) is 30.6 Å². The topological polar surface area (TPSA) is 85.6 Å². The molecule has 0 bridgehead atoms. The highest BCUT2D eigenvalue weighted by atomic mass is 32.1. The third kappa shape index (κ3) is 3.26. The molecule has 0 unspecified atom stereocenters. The van der Waals surface area contributed by atoms with Crippen LogP contribution >= 0.6 is 11.3 Å². The van der Waals surface area contributed by atoms with Gasteiger partial charge in [0.05, 0.1) is 5.69 Å². The van der Waals surface area contributed by atoms with E-state index in [9.17, 15) is 4.79 Å². The molecule has 3 rings (SSSR count). The molecule has 3 aromatic heterocycles. The minimum atomic E-state index is -0.304. The lowest BCUT2D eigenvalue weighted by Crippen LogP contribution is -2.12. The molecular weight excluding hydrogens is 312 g/mol. The molecule has 0 aliphatic rings. The summed E-state index contributed by atoms with van der Waals surface area (Å²) in [5, 5.41) is 16.4. The summed E-state index contributed by atoms with van der Waals surface area (Å²) in [5.41, 5.74) is 2.05. The Morgan fingerprint density at radius 1 is 1.35 bits per heavy atom. The Morgan fingerprint density at radius 3 is 2.83 bits per heavy atom. The van der Waals surface area contributed by atoms with Crippen molar-refractivity contribution >= 4 is 22.4 Å². The SMILES string of the molecule is CC(C)c1nnc(NC(=O)c2cc(-c3cccnc3)n(C)n2)s1. The summed E-state index contributed by atoms with van der Waals surface area (Å²) in [6.07, 6.45) is 3.44. The van der Waals surface area contributed by atoms with Gasteiger partial charge in [-0.3, -0.25) is 19.8 Å². The van der Waals surface area contributed by atoms with Gasteiger partial charge in [0.2, 0.25) is 5.13 Å². The number of carbonyl (C=O) groups is 1. The van der Waals surface area contributed by atoms with Crippen LogP contribution in [0.2, 0.25) is 0 Å². The van der Waals surface area contributed by atoms with E-state index in [1.54, 1.807) is 30.2 Å². The number of carbonyl (C=O) groups excluding carboxylic acids is 1. The second-order valence-corrected chi connectivity index (χ2v) is 6.34. The highest BCUT2D eigenvalue weighted by Crippen LogP contribution is 2.23. The smallest absolute Gasteiger partial charge is 0.278 e. The minimum absolute atomic E-state index is 0.283. The van der Waals surface area contributed by atoms with Crippen LogP contribution in [0.5, 0.6) is 0 Å². The summed E-state index contributed by atoms with van der Waals surface area (Å²) >= 11 is 1.37. The lowest BCUT2D eigenvalue weighted by atomic mass is 10.2. The molecule has 0 aliphatic carbocycles. The van der Waals surface area contributed by atoms with Gasteiger partial charge in [0.1, 0.15) is 5.01 Å². The van der Waals surface area contributed by atoms with Crippen LogP contribution in [0.3, 0.4) is 0 Å². The Balaban J connectivity index is 1.80. The van der Waals surface area contributed by atoms with Crippen LogP contribution in [-0.4, -0.2) is 30.9 Å². The maximum atomic E-state index is 12.3. The minimum Gasteiger partial charge on any atom is -0.295 e. The number of hydrogen-bond donors (Lipinski definition) is 1. The van der Waals surface area contributed by atoms with Crippen molar-refractivity contribution in [1.82, 2.24) is 25.0 Å². The number of nitrogens with zero attached hydrogens (tertiary/aromatic N) is 5. The lowest BCUT2D eigenvalue weighted by Gasteiger charge is -1.99. The summed E-state index contributed by atoms with van der Waals surface area (Å²) in [7, 11) is 1.79. The fourth-order valence-corrected chi connectivity index (χ4v) is 2.78. The van der Waals surface area contributed by atoms with E-state index in [1.165, 1.54) is 11.3 Å². The van der Waals surface area contributed by atoms with Crippen molar-refractivity contribution in [1.29, 1.82) is 0 Å². The van der Waals surface area contributed by atoms with Crippen molar-refractivity contribution in [3.8, 4) is 11.3 Å². The zero-order valence-corrected chi connectivity index (χ0v) is 13.8. The van der Waals surface area contributed by atoms with Crippen molar-refractivity contribution < 1.29 is 4.79 Å². The van der Waals surface area contributed by atoms with Crippen molar-refractivity contribution in [3.63, 3.8) is 0 Å². The van der Waals surface area contributed by atoms with Gasteiger partial charge in [-0.2, -0.15) is 5.10 Å². The first kappa shape index (κ1) is 15.3. The molecule has 0 aliphatic heterocycles. The summed E-state index contributed by atoms with van der Waals surface area (Å²) in [5.74, 6) is -0.0209. The molecule has 0 saturated carbocycles. The van der Waals surface area contributed by atoms with E-state index in [4.69, 9.17) is 0 Å². The Bertz CT molecular complexity index is 824. The van der Waals surface area contributed by atoms with Crippen LogP contribution in [0.1, 0.15) is 35.3 Å². The molecule has 1 amide bonds. The fraction of sp³-hybridized carbons (Fsp3) is 0.267. The highest BCUT2D eigenvalue weighted by Gasteiger charge is 2.16. The van der Waals surface area contributed by atoms with Crippen molar-refractivity contribution in [2.75, 3.05) is 5.32 Å². The lowest BCUT2D eigenvalue weighted by molar-refractivity contribution is 0.102. The first-order chi connectivity index (χ1) is 11.0. The number of amides is 1. The Labute approximate surface area is 137 Å². The van der Waals surface area contributed by atoms with E-state index < -0.39 is 0 Å². The Hall–Kier alpha value is -2.61. The average Bonchev–Trinajstić information content (AvgIpc) is 3.15. The molecule has 7 nitrogen and oxygen atoms in total. The molecule has 3 aromatic rings. The van der Waals surface area contributed by atoms with Crippen LogP contribution in [-0.2, 0) is 7.05 Å². The molecule has 118 valence electrons. The van der Waals surface area contributed by atoms with Crippen molar-refractivity contribution in [2.24, 2.45) is 7.05 Å². The van der Waals surface area contributed by atoms with E-state index in [2.05, 4.69) is 25.6 Å². The van der Waals surface area contributed by atoms with Crippen LogP contribution in [0, 0.1) is 0 Å². The van der Waals surface area contributed by atoms with Gasteiger partial charge >= 0.3 is 0 Å². The van der Waals surface area contributed by atoms with Gasteiger partial charge in [0, 0.05) is 30.9 Å². The number of anilines is 1. The third-order valence-corrected chi connectivity index (χ3v) is 4.36. The standard InChI is InChI=1S/C15H16N6OS/c1-9(2)14-18-19-15(23-14)17-13(22)11-7-12(21(3)20-11)10-5-4-6-16-8-10/h4-9H,1-3H3,(H,17,19,22). The normalized spacial score (nSPS) is 11.0. The predicted molar refractivity (Wildman–Crippen MR) is 88.4 cm³/mol. The summed E-state index contributed by atoms with van der Waals surface area (Å²) < 4.78 is 1.66. The molecule has 3 heterocycles. The molecule has 0 radical (unpaired) electrons. The predicted octanol–water partition coefficient (Wildman–Crippen LogP) is 2.71. The summed E-state index contributed by atoms with van der Waals surface area (Å²) in [4.78, 5) is 16.4. The molecule has 23 heavy (non-hydrogen) atoms. The monoisotopic (exact) mass is 328 g/mol. The number of pyridine rings is 1. The van der Waals surface area contributed by atoms with Gasteiger partial charge in [-0.25, -0.2) is 0 Å². The van der Waals surface area contributed by atoms with Gasteiger partial charge in [0.15, 0.2) is 5.69 Å². The molecule has 0 saturated heterocycles. The van der Waals surface area contributed by atoms with E-state index >= 15 is 0 Å². The van der Waals surface area contributed by atoms with Crippen molar-refractivity contribution in [3.05, 3.63) is 41.3 Å². The molecule has 1 N–H and O–H groups in total. The number of nitrogens with one attached hydrogen (secondary N) is 1. The maximum Gasteiger partial charge on any atom is 0.278 e.